The van der Waals surface area contributed by atoms with Crippen molar-refractivity contribution in [2.45, 2.75) is 43.4 Å². The van der Waals surface area contributed by atoms with Crippen LogP contribution in [-0.2, 0) is 19.6 Å². The van der Waals surface area contributed by atoms with Gasteiger partial charge >= 0.3 is 0 Å². The van der Waals surface area contributed by atoms with Gasteiger partial charge in [0.1, 0.15) is 0 Å². The fourth-order valence-corrected chi connectivity index (χ4v) is 4.46. The molecule has 196 valence electrons. The first-order chi connectivity index (χ1) is 17.1. The number of nitriles is 1. The summed E-state index contributed by atoms with van der Waals surface area (Å²) in [6, 6.07) is 5.85. The number of nitrogens with zero attached hydrogens (tertiary/aromatic N) is 5. The maximum absolute atomic E-state index is 11.9. The van der Waals surface area contributed by atoms with Crippen molar-refractivity contribution < 1.29 is 18.0 Å². The van der Waals surface area contributed by atoms with Gasteiger partial charge in [0.05, 0.1) is 17.1 Å². The monoisotopic (exact) mass is 517 g/mol. The molecule has 0 aliphatic carbocycles. The predicted molar refractivity (Wildman–Crippen MR) is 138 cm³/mol. The molecule has 0 aromatic heterocycles. The number of likely N-dealkylation sites (tertiary alicyclic amines) is 2. The molecule has 36 heavy (non-hydrogen) atoms. The lowest BCUT2D eigenvalue weighted by Crippen LogP contribution is -2.41. The number of nitrogens with one attached hydrogen (secondary N) is 1. The molecule has 0 unspecified atom stereocenters. The van der Waals surface area contributed by atoms with Gasteiger partial charge in [0, 0.05) is 40.2 Å². The molecule has 11 nitrogen and oxygen atoms in total. The van der Waals surface area contributed by atoms with Crippen LogP contribution in [0.1, 0.15) is 38.5 Å². The molecule has 2 heterocycles. The Balaban J connectivity index is 0.000000338. The Morgan fingerprint density at radius 2 is 1.69 bits per heavy atom. The second-order valence-corrected chi connectivity index (χ2v) is 10.4. The van der Waals surface area contributed by atoms with E-state index in [1.54, 1.807) is 11.1 Å². The molecule has 12 heteroatoms. The van der Waals surface area contributed by atoms with Crippen molar-refractivity contribution in [1.29, 1.82) is 5.26 Å². The van der Waals surface area contributed by atoms with E-state index >= 15 is 0 Å². The standard InChI is InChI=1S/C12H20N2O2.C10H13N5O2S.C2H2/c15-11-6-2-1-3-9-14(11)10-12(16)13-7-4-5-8-13;1-15(2)18(16,17)9-5-3-8(4-6-9)14-10(12)13-7-11;1-2/h1-10H2;3-6H,1-2H3,(H3,12,13,14);1-2H. The maximum Gasteiger partial charge on any atom is 0.242 e. The van der Waals surface area contributed by atoms with Crippen LogP contribution in [0.15, 0.2) is 34.2 Å². The highest BCUT2D eigenvalue weighted by molar-refractivity contribution is 7.89. The number of nitrogens with two attached hydrogens (primary N) is 1. The Morgan fingerprint density at radius 3 is 2.25 bits per heavy atom. The van der Waals surface area contributed by atoms with Gasteiger partial charge in [0.25, 0.3) is 0 Å². The second kappa shape index (κ2) is 15.4. The van der Waals surface area contributed by atoms with E-state index < -0.39 is 10.0 Å². The molecule has 3 N–H and O–H groups in total. The van der Waals surface area contributed by atoms with Gasteiger partial charge in [-0.2, -0.15) is 5.26 Å². The molecule has 1 aromatic rings. The van der Waals surface area contributed by atoms with E-state index in [1.165, 1.54) is 38.4 Å². The topological polar surface area (TPSA) is 152 Å². The Morgan fingerprint density at radius 1 is 1.11 bits per heavy atom. The smallest absolute Gasteiger partial charge is 0.242 e. The third-order valence-corrected chi connectivity index (χ3v) is 7.33. The molecule has 3 rings (SSSR count). The number of hydrogen-bond donors (Lipinski definition) is 2. The number of terminal acetylenes is 1. The Hall–Kier alpha value is -3.61. The van der Waals surface area contributed by atoms with Crippen molar-refractivity contribution in [3.63, 3.8) is 0 Å². The molecule has 1 aromatic carbocycles. The minimum atomic E-state index is -3.45. The maximum atomic E-state index is 11.9. The van der Waals surface area contributed by atoms with E-state index in [0.717, 1.165) is 56.0 Å². The van der Waals surface area contributed by atoms with Crippen LogP contribution in [0.25, 0.3) is 0 Å². The molecule has 2 aliphatic rings. The number of guanidine groups is 1. The lowest BCUT2D eigenvalue weighted by atomic mass is 10.2. The van der Waals surface area contributed by atoms with Gasteiger partial charge in [0.2, 0.25) is 27.8 Å². The van der Waals surface area contributed by atoms with E-state index in [-0.39, 0.29) is 22.7 Å². The molecule has 0 saturated carbocycles. The van der Waals surface area contributed by atoms with Gasteiger partial charge < -0.3 is 15.5 Å². The van der Waals surface area contributed by atoms with E-state index in [4.69, 9.17) is 11.0 Å². The van der Waals surface area contributed by atoms with E-state index in [2.05, 4.69) is 23.2 Å². The lowest BCUT2D eigenvalue weighted by Gasteiger charge is -2.23. The lowest BCUT2D eigenvalue weighted by molar-refractivity contribution is -0.139. The van der Waals surface area contributed by atoms with Crippen molar-refractivity contribution in [2.24, 2.45) is 10.7 Å². The molecule has 0 spiro atoms. The quantitative estimate of drug-likeness (QED) is 0.196. The van der Waals surface area contributed by atoms with Crippen LogP contribution in [0, 0.1) is 24.3 Å². The van der Waals surface area contributed by atoms with Crippen molar-refractivity contribution in [1.82, 2.24) is 19.4 Å². The number of carbonyl (C=O) groups excluding carboxylic acids is 2. The highest BCUT2D eigenvalue weighted by atomic mass is 32.2. The minimum absolute atomic E-state index is 0.0549. The summed E-state index contributed by atoms with van der Waals surface area (Å²) in [7, 11) is -0.538. The van der Waals surface area contributed by atoms with Gasteiger partial charge in [-0.05, 0) is 49.9 Å². The molecule has 0 bridgehead atoms. The number of amides is 2. The number of hydrogen-bond acceptors (Lipinski definition) is 6. The van der Waals surface area contributed by atoms with E-state index in [9.17, 15) is 18.0 Å². The highest BCUT2D eigenvalue weighted by Crippen LogP contribution is 2.18. The summed E-state index contributed by atoms with van der Waals surface area (Å²) in [5.41, 5.74) is 5.83. The number of benzene rings is 1. The van der Waals surface area contributed by atoms with Crippen molar-refractivity contribution in [2.75, 3.05) is 40.3 Å². The minimum Gasteiger partial charge on any atom is -0.369 e. The molecule has 2 aliphatic heterocycles. The average molecular weight is 518 g/mol. The molecule has 2 fully saturated rings. The summed E-state index contributed by atoms with van der Waals surface area (Å²) in [4.78, 5) is 31.3. The number of rotatable bonds is 5. The predicted octanol–water partition coefficient (Wildman–Crippen LogP) is 1.21. The molecular formula is C24H35N7O4S. The zero-order valence-electron chi connectivity index (χ0n) is 20.9. The largest absolute Gasteiger partial charge is 0.369 e. The SMILES string of the molecule is C#C.CN(C)S(=O)(=O)c1ccc(N=C(N)NC#N)cc1.O=C(CN1CCCCCC1=O)N1CCCC1. The third kappa shape index (κ3) is 9.56. The van der Waals surface area contributed by atoms with Crippen LogP contribution < -0.4 is 11.1 Å². The molecule has 0 atom stereocenters. The zero-order valence-corrected chi connectivity index (χ0v) is 21.7. The highest BCUT2D eigenvalue weighted by Gasteiger charge is 2.23. The van der Waals surface area contributed by atoms with Gasteiger partial charge in [-0.15, -0.1) is 12.8 Å². The van der Waals surface area contributed by atoms with Gasteiger partial charge in [-0.3, -0.25) is 14.9 Å². The summed E-state index contributed by atoms with van der Waals surface area (Å²) in [6.45, 7) is 2.82. The summed E-state index contributed by atoms with van der Waals surface area (Å²) >= 11 is 0. The third-order valence-electron chi connectivity index (χ3n) is 5.51. The van der Waals surface area contributed by atoms with Crippen molar-refractivity contribution >= 4 is 33.5 Å². The van der Waals surface area contributed by atoms with Crippen molar-refractivity contribution in [3.05, 3.63) is 24.3 Å². The summed E-state index contributed by atoms with van der Waals surface area (Å²) in [5, 5.41) is 10.5. The van der Waals surface area contributed by atoms with Crippen LogP contribution >= 0.6 is 0 Å². The first-order valence-corrected chi connectivity index (χ1v) is 13.0. The summed E-state index contributed by atoms with van der Waals surface area (Å²) in [6.07, 6.45) is 15.6. The number of carbonyl (C=O) groups is 2. The van der Waals surface area contributed by atoms with Crippen molar-refractivity contribution in [3.8, 4) is 19.0 Å². The van der Waals surface area contributed by atoms with Crippen LogP contribution in [0.2, 0.25) is 0 Å². The summed E-state index contributed by atoms with van der Waals surface area (Å²) < 4.78 is 24.7. The van der Waals surface area contributed by atoms with Crippen LogP contribution in [0.4, 0.5) is 5.69 Å². The fraction of sp³-hybridized carbons (Fsp3) is 0.500. The first-order valence-electron chi connectivity index (χ1n) is 11.6. The number of aliphatic imine (C=N–C) groups is 1. The van der Waals surface area contributed by atoms with Gasteiger partial charge in [0.15, 0.2) is 6.19 Å². The Labute approximate surface area is 214 Å². The molecule has 2 saturated heterocycles. The first kappa shape index (κ1) is 30.4. The number of sulfonamides is 1. The van der Waals surface area contributed by atoms with Gasteiger partial charge in [-0.1, -0.05) is 6.42 Å². The van der Waals surface area contributed by atoms with Crippen LogP contribution in [-0.4, -0.2) is 80.6 Å². The fourth-order valence-electron chi connectivity index (χ4n) is 3.56. The Kier molecular flexibility index (Phi) is 13.0. The molecule has 2 amide bonds. The van der Waals surface area contributed by atoms with E-state index in [1.807, 2.05) is 4.90 Å². The van der Waals surface area contributed by atoms with Crippen LogP contribution in [0.5, 0.6) is 0 Å². The van der Waals surface area contributed by atoms with E-state index in [0.29, 0.717) is 18.7 Å². The van der Waals surface area contributed by atoms with Crippen LogP contribution in [0.3, 0.4) is 0 Å². The van der Waals surface area contributed by atoms with Gasteiger partial charge in [-0.25, -0.2) is 17.7 Å². The molecular weight excluding hydrogens is 482 g/mol. The normalized spacial score (nSPS) is 16.1. The Bertz CT molecular complexity index is 1050. The zero-order chi connectivity index (χ0) is 27.1. The average Bonchev–Trinajstić information content (AvgIpc) is 3.33. The second-order valence-electron chi connectivity index (χ2n) is 8.23. The molecule has 0 radical (unpaired) electrons. The summed E-state index contributed by atoms with van der Waals surface area (Å²) in [5.74, 6) is 0.235.